The average Bonchev–Trinajstić information content (AvgIpc) is 2.37. The topological polar surface area (TPSA) is 70.7 Å². The highest BCUT2D eigenvalue weighted by Crippen LogP contribution is 2.09. The Balaban J connectivity index is 2.24. The number of hydrogen-bond acceptors (Lipinski definition) is 5. The molecule has 0 aliphatic carbocycles. The van der Waals surface area contributed by atoms with Crippen LogP contribution in [0.2, 0.25) is 0 Å². The SMILES string of the molecule is COCCN(C)CCNS(=O)(=O)C1CCCNC1. The van der Waals surface area contributed by atoms with E-state index in [1.165, 1.54) is 0 Å². The Morgan fingerprint density at radius 2 is 2.22 bits per heavy atom. The van der Waals surface area contributed by atoms with Crippen LogP contribution in [0.3, 0.4) is 0 Å². The predicted octanol–water partition coefficient (Wildman–Crippen LogP) is -0.764. The van der Waals surface area contributed by atoms with E-state index >= 15 is 0 Å². The van der Waals surface area contributed by atoms with E-state index in [0.29, 0.717) is 26.2 Å². The molecule has 1 heterocycles. The van der Waals surface area contributed by atoms with E-state index in [1.54, 1.807) is 7.11 Å². The second-order valence-electron chi connectivity index (χ2n) is 4.70. The van der Waals surface area contributed by atoms with Gasteiger partial charge < -0.3 is 15.0 Å². The summed E-state index contributed by atoms with van der Waals surface area (Å²) in [6.07, 6.45) is 1.68. The monoisotopic (exact) mass is 279 g/mol. The van der Waals surface area contributed by atoms with Gasteiger partial charge >= 0.3 is 0 Å². The maximum Gasteiger partial charge on any atom is 0.215 e. The van der Waals surface area contributed by atoms with E-state index < -0.39 is 10.0 Å². The maximum absolute atomic E-state index is 12.0. The number of piperidine rings is 1. The summed E-state index contributed by atoms with van der Waals surface area (Å²) >= 11 is 0. The summed E-state index contributed by atoms with van der Waals surface area (Å²) in [6.45, 7) is 4.11. The second kappa shape index (κ2) is 8.06. The molecule has 0 spiro atoms. The summed E-state index contributed by atoms with van der Waals surface area (Å²) < 4.78 is 31.6. The first-order valence-electron chi connectivity index (χ1n) is 6.43. The first-order valence-corrected chi connectivity index (χ1v) is 7.97. The van der Waals surface area contributed by atoms with E-state index in [2.05, 4.69) is 10.0 Å². The van der Waals surface area contributed by atoms with Crippen LogP contribution in [0.5, 0.6) is 0 Å². The average molecular weight is 279 g/mol. The first kappa shape index (κ1) is 15.8. The third kappa shape index (κ3) is 5.62. The summed E-state index contributed by atoms with van der Waals surface area (Å²) in [5.74, 6) is 0. The molecule has 2 N–H and O–H groups in total. The number of sulfonamides is 1. The van der Waals surface area contributed by atoms with Gasteiger partial charge in [0.1, 0.15) is 0 Å². The van der Waals surface area contributed by atoms with Gasteiger partial charge in [-0.05, 0) is 26.4 Å². The van der Waals surface area contributed by atoms with Crippen molar-refractivity contribution in [2.24, 2.45) is 0 Å². The summed E-state index contributed by atoms with van der Waals surface area (Å²) in [6, 6.07) is 0. The number of rotatable bonds is 8. The lowest BCUT2D eigenvalue weighted by Crippen LogP contribution is -2.45. The van der Waals surface area contributed by atoms with Crippen LogP contribution in [0, 0.1) is 0 Å². The highest BCUT2D eigenvalue weighted by atomic mass is 32.2. The normalized spacial score (nSPS) is 21.4. The number of methoxy groups -OCH3 is 1. The predicted molar refractivity (Wildman–Crippen MR) is 72.2 cm³/mol. The first-order chi connectivity index (χ1) is 8.56. The van der Waals surface area contributed by atoms with Crippen LogP contribution >= 0.6 is 0 Å². The molecule has 0 radical (unpaired) electrons. The molecule has 0 aromatic carbocycles. The molecule has 1 aliphatic rings. The largest absolute Gasteiger partial charge is 0.383 e. The molecule has 1 atom stereocenters. The summed E-state index contributed by atoms with van der Waals surface area (Å²) in [4.78, 5) is 2.05. The number of nitrogens with one attached hydrogen (secondary N) is 2. The van der Waals surface area contributed by atoms with E-state index in [0.717, 1.165) is 25.9 Å². The van der Waals surface area contributed by atoms with E-state index in [-0.39, 0.29) is 5.25 Å². The van der Waals surface area contributed by atoms with Crippen LogP contribution in [0.15, 0.2) is 0 Å². The van der Waals surface area contributed by atoms with Crippen LogP contribution in [-0.2, 0) is 14.8 Å². The highest BCUT2D eigenvalue weighted by molar-refractivity contribution is 7.90. The van der Waals surface area contributed by atoms with Crippen molar-refractivity contribution in [2.75, 3.05) is 53.5 Å². The molecular formula is C11H25N3O3S. The second-order valence-corrected chi connectivity index (χ2v) is 6.75. The van der Waals surface area contributed by atoms with Crippen molar-refractivity contribution in [1.82, 2.24) is 14.9 Å². The molecule has 0 saturated carbocycles. The molecule has 1 saturated heterocycles. The zero-order chi connectivity index (χ0) is 13.4. The Morgan fingerprint density at radius 3 is 2.83 bits per heavy atom. The Kier molecular flexibility index (Phi) is 7.10. The van der Waals surface area contributed by atoms with Gasteiger partial charge in [0.05, 0.1) is 11.9 Å². The van der Waals surface area contributed by atoms with Crippen molar-refractivity contribution >= 4 is 10.0 Å². The minimum absolute atomic E-state index is 0.282. The number of likely N-dealkylation sites (N-methyl/N-ethyl adjacent to an activating group) is 1. The molecule has 1 unspecified atom stereocenters. The fourth-order valence-electron chi connectivity index (χ4n) is 1.94. The maximum atomic E-state index is 12.0. The van der Waals surface area contributed by atoms with Gasteiger partial charge in [-0.1, -0.05) is 0 Å². The molecule has 6 nitrogen and oxygen atoms in total. The molecule has 1 fully saturated rings. The lowest BCUT2D eigenvalue weighted by Gasteiger charge is -2.23. The van der Waals surface area contributed by atoms with Gasteiger partial charge in [0.15, 0.2) is 0 Å². The van der Waals surface area contributed by atoms with Crippen LogP contribution in [-0.4, -0.2) is 72.1 Å². The molecule has 0 bridgehead atoms. The van der Waals surface area contributed by atoms with Crippen LogP contribution in [0.4, 0.5) is 0 Å². The minimum atomic E-state index is -3.17. The van der Waals surface area contributed by atoms with Crippen molar-refractivity contribution in [3.63, 3.8) is 0 Å². The van der Waals surface area contributed by atoms with Crippen LogP contribution in [0.1, 0.15) is 12.8 Å². The van der Waals surface area contributed by atoms with E-state index in [9.17, 15) is 8.42 Å². The van der Waals surface area contributed by atoms with E-state index in [1.807, 2.05) is 11.9 Å². The van der Waals surface area contributed by atoms with Gasteiger partial charge in [-0.25, -0.2) is 13.1 Å². The molecule has 0 amide bonds. The molecule has 1 aliphatic heterocycles. The summed E-state index contributed by atoms with van der Waals surface area (Å²) in [5.41, 5.74) is 0. The molecule has 1 rings (SSSR count). The molecule has 18 heavy (non-hydrogen) atoms. The number of ether oxygens (including phenoxy) is 1. The standard InChI is InChI=1S/C11H25N3O3S/c1-14(8-9-17-2)7-6-13-18(15,16)11-4-3-5-12-10-11/h11-13H,3-10H2,1-2H3. The van der Waals surface area contributed by atoms with Gasteiger partial charge in [-0.2, -0.15) is 0 Å². The fraction of sp³-hybridized carbons (Fsp3) is 1.00. The smallest absolute Gasteiger partial charge is 0.215 e. The van der Waals surface area contributed by atoms with Crippen molar-refractivity contribution < 1.29 is 13.2 Å². The molecule has 0 aromatic rings. The lowest BCUT2D eigenvalue weighted by molar-refractivity contribution is 0.162. The van der Waals surface area contributed by atoms with Crippen molar-refractivity contribution in [1.29, 1.82) is 0 Å². The van der Waals surface area contributed by atoms with Gasteiger partial charge in [0.25, 0.3) is 0 Å². The quantitative estimate of drug-likeness (QED) is 0.611. The number of hydrogen-bond donors (Lipinski definition) is 2. The number of nitrogens with zero attached hydrogens (tertiary/aromatic N) is 1. The fourth-order valence-corrected chi connectivity index (χ4v) is 3.37. The Hall–Kier alpha value is -0.210. The van der Waals surface area contributed by atoms with Gasteiger partial charge in [-0.15, -0.1) is 0 Å². The zero-order valence-electron chi connectivity index (χ0n) is 11.3. The Bertz CT molecular complexity index is 315. The van der Waals surface area contributed by atoms with E-state index in [4.69, 9.17) is 4.74 Å². The highest BCUT2D eigenvalue weighted by Gasteiger charge is 2.26. The summed E-state index contributed by atoms with van der Waals surface area (Å²) in [5, 5.41) is 2.84. The molecule has 7 heteroatoms. The van der Waals surface area contributed by atoms with Crippen molar-refractivity contribution in [2.45, 2.75) is 18.1 Å². The minimum Gasteiger partial charge on any atom is -0.383 e. The third-order valence-electron chi connectivity index (χ3n) is 3.16. The van der Waals surface area contributed by atoms with Gasteiger partial charge in [0.2, 0.25) is 10.0 Å². The Morgan fingerprint density at radius 1 is 1.44 bits per heavy atom. The van der Waals surface area contributed by atoms with Gasteiger partial charge in [0, 0.05) is 33.3 Å². The van der Waals surface area contributed by atoms with Crippen molar-refractivity contribution in [3.05, 3.63) is 0 Å². The molecule has 108 valence electrons. The zero-order valence-corrected chi connectivity index (χ0v) is 12.1. The molecule has 0 aromatic heterocycles. The Labute approximate surface area is 110 Å². The van der Waals surface area contributed by atoms with Crippen molar-refractivity contribution in [3.8, 4) is 0 Å². The molecular weight excluding hydrogens is 254 g/mol. The lowest BCUT2D eigenvalue weighted by atomic mass is 10.2. The third-order valence-corrected chi connectivity index (χ3v) is 5.05. The van der Waals surface area contributed by atoms with Crippen LogP contribution < -0.4 is 10.0 Å². The van der Waals surface area contributed by atoms with Gasteiger partial charge in [-0.3, -0.25) is 0 Å². The van der Waals surface area contributed by atoms with Crippen LogP contribution in [0.25, 0.3) is 0 Å². The summed E-state index contributed by atoms with van der Waals surface area (Å²) in [7, 11) is 0.443.